The SMILES string of the molecule is [CH2]C(F)(F)C1CCC(C(F)(F)F)CC1. The van der Waals surface area contributed by atoms with Gasteiger partial charge in [-0.05, 0) is 25.7 Å². The lowest BCUT2D eigenvalue weighted by Crippen LogP contribution is -2.33. The largest absolute Gasteiger partial charge is 0.391 e. The Labute approximate surface area is 79.5 Å². The molecule has 83 valence electrons. The average Bonchev–Trinajstić information content (AvgIpc) is 2.01. The van der Waals surface area contributed by atoms with E-state index in [0.29, 0.717) is 0 Å². The number of hydrogen-bond acceptors (Lipinski definition) is 0. The second-order valence-corrected chi connectivity index (χ2v) is 3.85. The summed E-state index contributed by atoms with van der Waals surface area (Å²) in [4.78, 5) is 0. The third kappa shape index (κ3) is 2.82. The van der Waals surface area contributed by atoms with Crippen molar-refractivity contribution in [3.63, 3.8) is 0 Å². The Morgan fingerprint density at radius 2 is 1.14 bits per heavy atom. The van der Waals surface area contributed by atoms with Gasteiger partial charge < -0.3 is 0 Å². The third-order valence-electron chi connectivity index (χ3n) is 2.79. The van der Waals surface area contributed by atoms with Crippen molar-refractivity contribution in [2.75, 3.05) is 0 Å². The molecule has 1 fully saturated rings. The van der Waals surface area contributed by atoms with Crippen molar-refractivity contribution >= 4 is 0 Å². The Kier molecular flexibility index (Phi) is 3.07. The Hall–Kier alpha value is -0.350. The first kappa shape index (κ1) is 11.7. The molecule has 0 unspecified atom stereocenters. The monoisotopic (exact) mass is 215 g/mol. The molecule has 0 spiro atoms. The Bertz CT molecular complexity index is 160. The van der Waals surface area contributed by atoms with Crippen molar-refractivity contribution in [3.8, 4) is 0 Å². The molecule has 0 atom stereocenters. The number of halogens is 5. The number of alkyl halides is 5. The number of hydrogen-bond donors (Lipinski definition) is 0. The fourth-order valence-corrected chi connectivity index (χ4v) is 1.84. The molecule has 0 aromatic heterocycles. The van der Waals surface area contributed by atoms with Gasteiger partial charge in [0.2, 0.25) is 0 Å². The molecule has 0 aromatic carbocycles. The van der Waals surface area contributed by atoms with Gasteiger partial charge in [-0.2, -0.15) is 13.2 Å². The Morgan fingerprint density at radius 1 is 0.786 bits per heavy atom. The van der Waals surface area contributed by atoms with Gasteiger partial charge >= 0.3 is 6.18 Å². The molecule has 0 aromatic rings. The second-order valence-electron chi connectivity index (χ2n) is 3.85. The molecule has 5 heteroatoms. The van der Waals surface area contributed by atoms with Crippen molar-refractivity contribution in [1.82, 2.24) is 0 Å². The highest BCUT2D eigenvalue weighted by atomic mass is 19.4. The topological polar surface area (TPSA) is 0 Å². The summed E-state index contributed by atoms with van der Waals surface area (Å²) in [7, 11) is 0. The Morgan fingerprint density at radius 3 is 1.43 bits per heavy atom. The van der Waals surface area contributed by atoms with Gasteiger partial charge in [0.05, 0.1) is 5.92 Å². The maximum absolute atomic E-state index is 12.6. The molecule has 0 saturated heterocycles. The van der Waals surface area contributed by atoms with E-state index in [9.17, 15) is 22.0 Å². The highest BCUT2D eigenvalue weighted by Gasteiger charge is 2.45. The van der Waals surface area contributed by atoms with E-state index in [1.54, 1.807) is 0 Å². The summed E-state index contributed by atoms with van der Waals surface area (Å²) in [6.45, 7) is 2.67. The van der Waals surface area contributed by atoms with Crippen molar-refractivity contribution in [2.24, 2.45) is 11.8 Å². The van der Waals surface area contributed by atoms with Gasteiger partial charge in [0, 0.05) is 12.8 Å². The van der Waals surface area contributed by atoms with Crippen LogP contribution in [0.1, 0.15) is 25.7 Å². The zero-order valence-corrected chi connectivity index (χ0v) is 7.58. The van der Waals surface area contributed by atoms with Crippen LogP contribution in [0.3, 0.4) is 0 Å². The van der Waals surface area contributed by atoms with Crippen molar-refractivity contribution in [3.05, 3.63) is 6.92 Å². The van der Waals surface area contributed by atoms with Crippen LogP contribution < -0.4 is 0 Å². The third-order valence-corrected chi connectivity index (χ3v) is 2.79. The molecule has 0 aliphatic heterocycles. The first-order chi connectivity index (χ1) is 6.21. The lowest BCUT2D eigenvalue weighted by molar-refractivity contribution is -0.188. The quantitative estimate of drug-likeness (QED) is 0.583. The van der Waals surface area contributed by atoms with Gasteiger partial charge in [-0.15, -0.1) is 0 Å². The molecule has 1 saturated carbocycles. The summed E-state index contributed by atoms with van der Waals surface area (Å²) < 4.78 is 61.8. The normalized spacial score (nSPS) is 30.4. The molecule has 14 heavy (non-hydrogen) atoms. The standard InChI is InChI=1S/C9H12F5/c1-8(10,11)6-2-4-7(5-3-6)9(12,13)14/h6-7H,1-5H2. The molecule has 0 nitrogen and oxygen atoms in total. The minimum Gasteiger partial charge on any atom is -0.207 e. The number of rotatable bonds is 1. The summed E-state index contributed by atoms with van der Waals surface area (Å²) in [6.07, 6.45) is -4.79. The van der Waals surface area contributed by atoms with E-state index < -0.39 is 23.9 Å². The van der Waals surface area contributed by atoms with Crippen LogP contribution in [0.15, 0.2) is 0 Å². The fourth-order valence-electron chi connectivity index (χ4n) is 1.84. The van der Waals surface area contributed by atoms with Crippen LogP contribution in [0.5, 0.6) is 0 Å². The molecular weight excluding hydrogens is 203 g/mol. The highest BCUT2D eigenvalue weighted by molar-refractivity contribution is 4.85. The minimum absolute atomic E-state index is 0.0827. The van der Waals surface area contributed by atoms with Crippen LogP contribution in [0.25, 0.3) is 0 Å². The van der Waals surface area contributed by atoms with Crippen LogP contribution in [0, 0.1) is 18.8 Å². The van der Waals surface area contributed by atoms with E-state index in [1.807, 2.05) is 0 Å². The smallest absolute Gasteiger partial charge is 0.207 e. The lowest BCUT2D eigenvalue weighted by atomic mass is 9.79. The van der Waals surface area contributed by atoms with Gasteiger partial charge in [-0.25, -0.2) is 8.78 Å². The summed E-state index contributed by atoms with van der Waals surface area (Å²) >= 11 is 0. The van der Waals surface area contributed by atoms with Gasteiger partial charge in [-0.3, -0.25) is 0 Å². The summed E-state index contributed by atoms with van der Waals surface area (Å²) in [5, 5.41) is 0. The lowest BCUT2D eigenvalue weighted by Gasteiger charge is -2.32. The molecule has 0 heterocycles. The fraction of sp³-hybridized carbons (Fsp3) is 0.889. The molecule has 1 radical (unpaired) electrons. The van der Waals surface area contributed by atoms with E-state index in [1.165, 1.54) is 0 Å². The van der Waals surface area contributed by atoms with Crippen LogP contribution in [-0.4, -0.2) is 12.1 Å². The summed E-state index contributed by atoms with van der Waals surface area (Å²) in [6, 6.07) is 0. The zero-order valence-electron chi connectivity index (χ0n) is 7.58. The molecular formula is C9H12F5. The first-order valence-corrected chi connectivity index (χ1v) is 4.51. The maximum Gasteiger partial charge on any atom is 0.391 e. The summed E-state index contributed by atoms with van der Waals surface area (Å²) in [5.41, 5.74) is 0. The molecule has 1 aliphatic rings. The van der Waals surface area contributed by atoms with E-state index in [2.05, 4.69) is 6.92 Å². The summed E-state index contributed by atoms with van der Waals surface area (Å²) in [5.74, 6) is -5.47. The van der Waals surface area contributed by atoms with E-state index in [0.717, 1.165) is 0 Å². The van der Waals surface area contributed by atoms with Crippen molar-refractivity contribution in [1.29, 1.82) is 0 Å². The van der Waals surface area contributed by atoms with Crippen LogP contribution in [0.2, 0.25) is 0 Å². The molecule has 0 amide bonds. The van der Waals surface area contributed by atoms with Crippen LogP contribution >= 0.6 is 0 Å². The second kappa shape index (κ2) is 3.66. The predicted molar refractivity (Wildman–Crippen MR) is 41.8 cm³/mol. The van der Waals surface area contributed by atoms with E-state index in [-0.39, 0.29) is 25.7 Å². The van der Waals surface area contributed by atoms with E-state index >= 15 is 0 Å². The van der Waals surface area contributed by atoms with Gasteiger partial charge in [0.1, 0.15) is 0 Å². The van der Waals surface area contributed by atoms with Crippen molar-refractivity contribution in [2.45, 2.75) is 37.8 Å². The van der Waals surface area contributed by atoms with Crippen LogP contribution in [0.4, 0.5) is 22.0 Å². The van der Waals surface area contributed by atoms with Crippen molar-refractivity contribution < 1.29 is 22.0 Å². The maximum atomic E-state index is 12.6. The molecule has 1 rings (SSSR count). The van der Waals surface area contributed by atoms with Gasteiger partial charge in [0.25, 0.3) is 5.92 Å². The van der Waals surface area contributed by atoms with Gasteiger partial charge in [-0.1, -0.05) is 0 Å². The van der Waals surface area contributed by atoms with Gasteiger partial charge in [0.15, 0.2) is 0 Å². The van der Waals surface area contributed by atoms with Crippen LogP contribution in [-0.2, 0) is 0 Å². The average molecular weight is 215 g/mol. The molecule has 1 aliphatic carbocycles. The first-order valence-electron chi connectivity index (χ1n) is 4.51. The molecule has 0 bridgehead atoms. The highest BCUT2D eigenvalue weighted by Crippen LogP contribution is 2.43. The Balaban J connectivity index is 2.47. The van der Waals surface area contributed by atoms with E-state index in [4.69, 9.17) is 0 Å². The predicted octanol–water partition coefficient (Wildman–Crippen LogP) is 3.82. The minimum atomic E-state index is -4.23. The zero-order chi connectivity index (χ0) is 11.0. The molecule has 0 N–H and O–H groups in total.